The van der Waals surface area contributed by atoms with Crippen LogP contribution in [0.4, 0.5) is 4.79 Å². The Kier molecular flexibility index (Phi) is 6.59. The van der Waals surface area contributed by atoms with Crippen LogP contribution in [0, 0.1) is 0 Å². The molecule has 6 nitrogen and oxygen atoms in total. The summed E-state index contributed by atoms with van der Waals surface area (Å²) in [7, 11) is 0. The van der Waals surface area contributed by atoms with Crippen molar-refractivity contribution < 1.29 is 19.1 Å². The van der Waals surface area contributed by atoms with Crippen molar-refractivity contribution >= 4 is 29.7 Å². The van der Waals surface area contributed by atoms with E-state index >= 15 is 0 Å². The number of thioether (sulfide) groups is 1. The number of ether oxygens (including phenoxy) is 1. The molecule has 2 aromatic carbocycles. The Bertz CT molecular complexity index is 885. The van der Waals surface area contributed by atoms with Crippen LogP contribution in [-0.4, -0.2) is 41.1 Å². The van der Waals surface area contributed by atoms with E-state index in [-0.39, 0.29) is 6.61 Å². The molecule has 7 heteroatoms. The fraction of sp³-hybridized carbons (Fsp3) is 0.318. The number of hydrogen-bond acceptors (Lipinski definition) is 5. The van der Waals surface area contributed by atoms with Crippen LogP contribution in [0.3, 0.4) is 0 Å². The van der Waals surface area contributed by atoms with Crippen LogP contribution in [-0.2, 0) is 27.4 Å². The molecule has 1 N–H and O–H groups in total. The summed E-state index contributed by atoms with van der Waals surface area (Å²) in [5, 5.41) is 2.72. The monoisotopic (exact) mass is 412 g/mol. The molecule has 0 bridgehead atoms. The van der Waals surface area contributed by atoms with E-state index in [9.17, 15) is 14.4 Å². The highest BCUT2D eigenvalue weighted by molar-refractivity contribution is 7.98. The first-order valence-corrected chi connectivity index (χ1v) is 10.6. The van der Waals surface area contributed by atoms with Gasteiger partial charge in [0.25, 0.3) is 5.91 Å². The summed E-state index contributed by atoms with van der Waals surface area (Å²) in [5.74, 6) is -1.02. The number of esters is 1. The van der Waals surface area contributed by atoms with Crippen LogP contribution >= 0.6 is 11.8 Å². The summed E-state index contributed by atoms with van der Waals surface area (Å²) in [4.78, 5) is 39.3. The zero-order valence-corrected chi connectivity index (χ0v) is 17.3. The fourth-order valence-corrected chi connectivity index (χ4v) is 3.57. The summed E-state index contributed by atoms with van der Waals surface area (Å²) in [6.45, 7) is 1.39. The highest BCUT2D eigenvalue weighted by Crippen LogP contribution is 2.23. The van der Waals surface area contributed by atoms with Crippen LogP contribution in [0.5, 0.6) is 0 Å². The van der Waals surface area contributed by atoms with Gasteiger partial charge in [-0.1, -0.05) is 42.5 Å². The van der Waals surface area contributed by atoms with Crippen molar-refractivity contribution in [3.8, 4) is 0 Å². The van der Waals surface area contributed by atoms with Crippen molar-refractivity contribution in [3.63, 3.8) is 0 Å². The van der Waals surface area contributed by atoms with Gasteiger partial charge in [-0.3, -0.25) is 14.5 Å². The standard InChI is InChI=1S/C22H24N2O4S/c1-22(13-12-16-6-4-3-5-7-16)20(26)24(21(27)23-22)14-19(25)28-15-17-8-10-18(29-2)11-9-17/h3-11H,12-15H2,1-2H3,(H,23,27)/t22-/m1/s1. The first-order valence-electron chi connectivity index (χ1n) is 9.38. The van der Waals surface area contributed by atoms with Gasteiger partial charge in [-0.05, 0) is 49.3 Å². The largest absolute Gasteiger partial charge is 0.459 e. The number of urea groups is 1. The van der Waals surface area contributed by atoms with E-state index in [0.717, 1.165) is 20.9 Å². The predicted molar refractivity (Wildman–Crippen MR) is 111 cm³/mol. The van der Waals surface area contributed by atoms with Gasteiger partial charge >= 0.3 is 12.0 Å². The minimum atomic E-state index is -1.03. The average Bonchev–Trinajstić information content (AvgIpc) is 2.95. The van der Waals surface area contributed by atoms with Gasteiger partial charge in [-0.2, -0.15) is 0 Å². The normalized spacial score (nSPS) is 18.6. The van der Waals surface area contributed by atoms with Crippen LogP contribution in [0.1, 0.15) is 24.5 Å². The van der Waals surface area contributed by atoms with Gasteiger partial charge in [0.15, 0.2) is 0 Å². The molecule has 1 heterocycles. The Hall–Kier alpha value is -2.80. The molecule has 0 spiro atoms. The van der Waals surface area contributed by atoms with E-state index < -0.39 is 30.0 Å². The zero-order valence-electron chi connectivity index (χ0n) is 16.5. The fourth-order valence-electron chi connectivity index (χ4n) is 3.16. The van der Waals surface area contributed by atoms with E-state index in [2.05, 4.69) is 5.32 Å². The van der Waals surface area contributed by atoms with Crippen LogP contribution in [0.25, 0.3) is 0 Å². The number of aryl methyl sites for hydroxylation is 1. The number of hydrogen-bond donors (Lipinski definition) is 1. The molecule has 2 aromatic rings. The molecule has 1 atom stereocenters. The Morgan fingerprint density at radius 2 is 1.76 bits per heavy atom. The highest BCUT2D eigenvalue weighted by Gasteiger charge is 2.48. The minimum absolute atomic E-state index is 0.0996. The van der Waals surface area contributed by atoms with Crippen molar-refractivity contribution in [3.05, 3.63) is 65.7 Å². The predicted octanol–water partition coefficient (Wildman–Crippen LogP) is 3.40. The molecular weight excluding hydrogens is 388 g/mol. The highest BCUT2D eigenvalue weighted by atomic mass is 32.2. The second-order valence-electron chi connectivity index (χ2n) is 7.15. The Morgan fingerprint density at radius 1 is 1.07 bits per heavy atom. The van der Waals surface area contributed by atoms with Crippen molar-refractivity contribution in [2.75, 3.05) is 12.8 Å². The maximum atomic E-state index is 12.8. The number of amides is 3. The number of carbonyl (C=O) groups excluding carboxylic acids is 3. The van der Waals surface area contributed by atoms with Crippen molar-refractivity contribution in [2.24, 2.45) is 0 Å². The third-order valence-corrected chi connectivity index (χ3v) is 5.69. The first kappa shape index (κ1) is 20.9. The van der Waals surface area contributed by atoms with Gasteiger partial charge in [0.1, 0.15) is 18.7 Å². The number of rotatable bonds is 8. The van der Waals surface area contributed by atoms with E-state index in [4.69, 9.17) is 4.74 Å². The number of nitrogens with zero attached hydrogens (tertiary/aromatic N) is 1. The lowest BCUT2D eigenvalue weighted by molar-refractivity contribution is -0.148. The zero-order chi connectivity index (χ0) is 20.9. The molecule has 0 unspecified atom stereocenters. The molecule has 0 aliphatic carbocycles. The van der Waals surface area contributed by atoms with Crippen LogP contribution in [0.15, 0.2) is 59.5 Å². The van der Waals surface area contributed by atoms with E-state index in [1.807, 2.05) is 60.9 Å². The van der Waals surface area contributed by atoms with Gasteiger partial charge < -0.3 is 10.1 Å². The third kappa shape index (κ3) is 5.17. The van der Waals surface area contributed by atoms with Crippen LogP contribution in [0.2, 0.25) is 0 Å². The van der Waals surface area contributed by atoms with E-state index in [0.29, 0.717) is 12.8 Å². The maximum absolute atomic E-state index is 12.8. The maximum Gasteiger partial charge on any atom is 0.326 e. The molecule has 3 amide bonds. The molecule has 1 aliphatic rings. The first-order chi connectivity index (χ1) is 13.9. The molecule has 1 fully saturated rings. The molecule has 0 aromatic heterocycles. The minimum Gasteiger partial charge on any atom is -0.459 e. The lowest BCUT2D eigenvalue weighted by Gasteiger charge is -2.21. The van der Waals surface area contributed by atoms with E-state index in [1.165, 1.54) is 0 Å². The molecular formula is C22H24N2O4S. The van der Waals surface area contributed by atoms with Crippen molar-refractivity contribution in [2.45, 2.75) is 36.8 Å². The molecule has 152 valence electrons. The van der Waals surface area contributed by atoms with Gasteiger partial charge in [0.2, 0.25) is 0 Å². The summed E-state index contributed by atoms with van der Waals surface area (Å²) >= 11 is 1.63. The summed E-state index contributed by atoms with van der Waals surface area (Å²) < 4.78 is 5.24. The Morgan fingerprint density at radius 3 is 2.41 bits per heavy atom. The summed E-state index contributed by atoms with van der Waals surface area (Å²) in [6.07, 6.45) is 3.09. The topological polar surface area (TPSA) is 75.7 Å². The van der Waals surface area contributed by atoms with E-state index in [1.54, 1.807) is 18.7 Å². The third-order valence-electron chi connectivity index (χ3n) is 4.95. The van der Waals surface area contributed by atoms with Crippen LogP contribution < -0.4 is 5.32 Å². The molecule has 29 heavy (non-hydrogen) atoms. The smallest absolute Gasteiger partial charge is 0.326 e. The average molecular weight is 413 g/mol. The quantitative estimate of drug-likeness (QED) is 0.409. The molecule has 1 saturated heterocycles. The van der Waals surface area contributed by atoms with Gasteiger partial charge in [-0.25, -0.2) is 4.79 Å². The number of imide groups is 1. The number of benzene rings is 2. The lowest BCUT2D eigenvalue weighted by atomic mass is 9.93. The van der Waals surface area contributed by atoms with Crippen molar-refractivity contribution in [1.82, 2.24) is 10.2 Å². The lowest BCUT2D eigenvalue weighted by Crippen LogP contribution is -2.44. The molecule has 0 saturated carbocycles. The number of carbonyl (C=O) groups is 3. The Balaban J connectivity index is 1.53. The molecule has 3 rings (SSSR count). The van der Waals surface area contributed by atoms with Gasteiger partial charge in [-0.15, -0.1) is 11.8 Å². The van der Waals surface area contributed by atoms with Gasteiger partial charge in [0.05, 0.1) is 0 Å². The van der Waals surface area contributed by atoms with Gasteiger partial charge in [0, 0.05) is 4.90 Å². The summed E-state index contributed by atoms with van der Waals surface area (Å²) in [5.41, 5.74) is 0.906. The molecule has 0 radical (unpaired) electrons. The number of nitrogens with one attached hydrogen (secondary N) is 1. The second kappa shape index (κ2) is 9.13. The Labute approximate surface area is 174 Å². The van der Waals surface area contributed by atoms with Crippen molar-refractivity contribution in [1.29, 1.82) is 0 Å². The SMILES string of the molecule is CSc1ccc(COC(=O)CN2C(=O)N[C@](C)(CCc3ccccc3)C2=O)cc1. The second-order valence-corrected chi connectivity index (χ2v) is 8.03. The molecule has 1 aliphatic heterocycles. The summed E-state index contributed by atoms with van der Waals surface area (Å²) in [6, 6.07) is 16.8.